The average molecular weight is 839 g/mol. The summed E-state index contributed by atoms with van der Waals surface area (Å²) in [6.07, 6.45) is 51.4. The first-order valence-corrected chi connectivity index (χ1v) is 25.4. The Bertz CT molecular complexity index is 1070. The molecule has 0 aliphatic heterocycles. The van der Waals surface area contributed by atoms with Gasteiger partial charge in [0.1, 0.15) is 19.3 Å². The highest BCUT2D eigenvalue weighted by atomic mass is 31.2. The van der Waals surface area contributed by atoms with Crippen LogP contribution in [0.2, 0.25) is 0 Å². The number of unbranched alkanes of at least 4 members (excludes halogenated alkanes) is 22. The van der Waals surface area contributed by atoms with Crippen molar-refractivity contribution in [3.63, 3.8) is 0 Å². The summed E-state index contributed by atoms with van der Waals surface area (Å²) in [7, 11) is 1.65. The van der Waals surface area contributed by atoms with Gasteiger partial charge < -0.3 is 18.9 Å². The van der Waals surface area contributed by atoms with E-state index in [0.717, 1.165) is 51.4 Å². The number of phosphoric ester groups is 1. The van der Waals surface area contributed by atoms with Crippen LogP contribution < -0.4 is 0 Å². The third-order valence-corrected chi connectivity index (χ3v) is 11.1. The summed E-state index contributed by atoms with van der Waals surface area (Å²) in [6.45, 7) is 5.55. The molecule has 340 valence electrons. The molecule has 58 heavy (non-hydrogen) atoms. The molecule has 9 heteroatoms. The maximum absolute atomic E-state index is 12.7. The van der Waals surface area contributed by atoms with E-state index < -0.39 is 13.9 Å². The van der Waals surface area contributed by atoms with Gasteiger partial charge in [-0.1, -0.05) is 172 Å². The van der Waals surface area contributed by atoms with Crippen LogP contribution in [0.5, 0.6) is 0 Å². The highest BCUT2D eigenvalue weighted by molar-refractivity contribution is 7.47. The quantitative estimate of drug-likeness (QED) is 0.0215. The van der Waals surface area contributed by atoms with Gasteiger partial charge >= 0.3 is 13.8 Å². The molecule has 0 aliphatic carbocycles. The van der Waals surface area contributed by atoms with Crippen molar-refractivity contribution < 1.29 is 37.3 Å². The Hall–Kier alpha value is -1.54. The van der Waals surface area contributed by atoms with E-state index in [4.69, 9.17) is 18.5 Å². The first-order valence-electron chi connectivity index (χ1n) is 23.9. The number of rotatable bonds is 44. The standard InChI is InChI=1S/C49H92NO7P/c1-6-8-10-12-14-16-18-20-22-23-24-25-26-27-28-30-32-34-36-38-40-42-49(51)57-48(47-56-58(52,53)55-45-43-50(3,4)5)46-54-44-41-39-37-35-33-31-29-21-19-17-15-13-11-9-7-2/h13,15,18-21,23-24,48H,6-12,14,16-17,22,25-47H2,1-5H3/p+1/b15-13-,20-18-,21-19-,24-23-. The fourth-order valence-electron chi connectivity index (χ4n) is 6.36. The third kappa shape index (κ3) is 45.5. The van der Waals surface area contributed by atoms with Gasteiger partial charge in [0.05, 0.1) is 34.4 Å². The minimum atomic E-state index is -4.28. The number of quaternary nitrogens is 1. The number of esters is 1. The molecule has 0 spiro atoms. The van der Waals surface area contributed by atoms with Gasteiger partial charge in [-0.25, -0.2) is 4.57 Å². The number of hydrogen-bond donors (Lipinski definition) is 1. The van der Waals surface area contributed by atoms with Crippen LogP contribution in [-0.2, 0) is 27.9 Å². The summed E-state index contributed by atoms with van der Waals surface area (Å²) < 4.78 is 35.1. The minimum absolute atomic E-state index is 0.0843. The maximum Gasteiger partial charge on any atom is 0.472 e. The zero-order valence-corrected chi connectivity index (χ0v) is 39.4. The van der Waals surface area contributed by atoms with Crippen molar-refractivity contribution >= 4 is 13.8 Å². The number of hydrogen-bond acceptors (Lipinski definition) is 6. The van der Waals surface area contributed by atoms with Gasteiger partial charge in [0, 0.05) is 13.0 Å². The largest absolute Gasteiger partial charge is 0.472 e. The van der Waals surface area contributed by atoms with Crippen LogP contribution in [0.3, 0.4) is 0 Å². The monoisotopic (exact) mass is 839 g/mol. The molecule has 0 amide bonds. The lowest BCUT2D eigenvalue weighted by Gasteiger charge is -2.24. The summed E-state index contributed by atoms with van der Waals surface area (Å²) in [6, 6.07) is 0. The fourth-order valence-corrected chi connectivity index (χ4v) is 7.11. The van der Waals surface area contributed by atoms with E-state index >= 15 is 0 Å². The summed E-state index contributed by atoms with van der Waals surface area (Å²) in [5.74, 6) is -0.322. The zero-order chi connectivity index (χ0) is 42.7. The van der Waals surface area contributed by atoms with E-state index in [9.17, 15) is 14.3 Å². The second kappa shape index (κ2) is 42.2. The lowest BCUT2D eigenvalue weighted by molar-refractivity contribution is -0.870. The Morgan fingerprint density at radius 2 is 0.966 bits per heavy atom. The van der Waals surface area contributed by atoms with Gasteiger partial charge in [0.15, 0.2) is 0 Å². The van der Waals surface area contributed by atoms with Crippen molar-refractivity contribution in [2.45, 2.75) is 206 Å². The van der Waals surface area contributed by atoms with Crippen LogP contribution in [0.15, 0.2) is 48.6 Å². The summed E-state index contributed by atoms with van der Waals surface area (Å²) >= 11 is 0. The van der Waals surface area contributed by atoms with E-state index in [1.165, 1.54) is 128 Å². The Labute approximate surface area is 358 Å². The molecular formula is C49H93NO7P+. The van der Waals surface area contributed by atoms with Crippen LogP contribution >= 0.6 is 7.82 Å². The topological polar surface area (TPSA) is 91.3 Å². The highest BCUT2D eigenvalue weighted by Gasteiger charge is 2.26. The Morgan fingerprint density at radius 3 is 1.45 bits per heavy atom. The van der Waals surface area contributed by atoms with Gasteiger partial charge in [0.25, 0.3) is 0 Å². The van der Waals surface area contributed by atoms with Crippen molar-refractivity contribution in [2.75, 3.05) is 54.1 Å². The van der Waals surface area contributed by atoms with Gasteiger partial charge in [-0.05, 0) is 70.6 Å². The van der Waals surface area contributed by atoms with Crippen LogP contribution in [-0.4, -0.2) is 75.6 Å². The second-order valence-electron chi connectivity index (χ2n) is 17.1. The molecule has 0 aromatic heterocycles. The van der Waals surface area contributed by atoms with Crippen LogP contribution in [0.25, 0.3) is 0 Å². The Balaban J connectivity index is 4.19. The smallest absolute Gasteiger partial charge is 0.457 e. The molecule has 0 bridgehead atoms. The molecule has 0 aromatic carbocycles. The predicted molar refractivity (Wildman–Crippen MR) is 247 cm³/mol. The van der Waals surface area contributed by atoms with Crippen molar-refractivity contribution in [1.82, 2.24) is 0 Å². The highest BCUT2D eigenvalue weighted by Crippen LogP contribution is 2.43. The first kappa shape index (κ1) is 56.5. The van der Waals surface area contributed by atoms with Crippen molar-refractivity contribution in [3.05, 3.63) is 48.6 Å². The van der Waals surface area contributed by atoms with E-state index in [1.54, 1.807) is 0 Å². The minimum Gasteiger partial charge on any atom is -0.457 e. The molecule has 0 aromatic rings. The number of likely N-dealkylation sites (N-methyl/N-ethyl adjacent to an activating group) is 1. The molecule has 0 radical (unpaired) electrons. The normalized spacial score (nSPS) is 14.1. The number of allylic oxidation sites excluding steroid dienone is 8. The number of ether oxygens (including phenoxy) is 2. The number of carbonyl (C=O) groups excluding carboxylic acids is 1. The molecule has 2 unspecified atom stereocenters. The Morgan fingerprint density at radius 1 is 0.534 bits per heavy atom. The van der Waals surface area contributed by atoms with Crippen LogP contribution in [0, 0.1) is 0 Å². The Kier molecular flexibility index (Phi) is 41.0. The number of phosphoric acid groups is 1. The van der Waals surface area contributed by atoms with Gasteiger partial charge in [0.2, 0.25) is 0 Å². The molecule has 0 saturated carbocycles. The van der Waals surface area contributed by atoms with E-state index in [0.29, 0.717) is 24.1 Å². The zero-order valence-electron chi connectivity index (χ0n) is 38.5. The van der Waals surface area contributed by atoms with Crippen LogP contribution in [0.4, 0.5) is 0 Å². The molecule has 0 fully saturated rings. The van der Waals surface area contributed by atoms with Crippen molar-refractivity contribution in [1.29, 1.82) is 0 Å². The predicted octanol–water partition coefficient (Wildman–Crippen LogP) is 14.3. The maximum atomic E-state index is 12.7. The van der Waals surface area contributed by atoms with Crippen molar-refractivity contribution in [3.8, 4) is 0 Å². The number of nitrogens with zero attached hydrogens (tertiary/aromatic N) is 1. The van der Waals surface area contributed by atoms with Gasteiger partial charge in [-0.15, -0.1) is 0 Å². The summed E-state index contributed by atoms with van der Waals surface area (Å²) in [5, 5.41) is 0. The van der Waals surface area contributed by atoms with E-state index in [-0.39, 0.29) is 25.8 Å². The molecule has 0 heterocycles. The molecule has 0 aliphatic rings. The summed E-state index contributed by atoms with van der Waals surface area (Å²) in [4.78, 5) is 22.9. The fraction of sp³-hybridized carbons (Fsp3) is 0.816. The lowest BCUT2D eigenvalue weighted by atomic mass is 10.1. The van der Waals surface area contributed by atoms with Crippen molar-refractivity contribution in [2.24, 2.45) is 0 Å². The van der Waals surface area contributed by atoms with E-state index in [1.807, 2.05) is 21.1 Å². The van der Waals surface area contributed by atoms with Gasteiger partial charge in [-0.3, -0.25) is 13.8 Å². The van der Waals surface area contributed by atoms with Crippen LogP contribution in [0.1, 0.15) is 200 Å². The lowest BCUT2D eigenvalue weighted by Crippen LogP contribution is -2.37. The third-order valence-electron chi connectivity index (χ3n) is 10.1. The molecule has 2 atom stereocenters. The summed E-state index contributed by atoms with van der Waals surface area (Å²) in [5.41, 5.74) is 0. The van der Waals surface area contributed by atoms with E-state index in [2.05, 4.69) is 62.5 Å². The average Bonchev–Trinajstić information content (AvgIpc) is 3.18. The van der Waals surface area contributed by atoms with Gasteiger partial charge in [-0.2, -0.15) is 0 Å². The SMILES string of the molecule is CCCC/C=C\C/C=C\CCCCCCCCOCC(COP(=O)(O)OCC[N+](C)(C)C)OC(=O)CCCCCCCCCCC/C=C\C/C=C\CCCCCCC. The second-order valence-corrected chi connectivity index (χ2v) is 18.6. The molecule has 0 saturated heterocycles. The molecule has 0 rings (SSSR count). The molecule has 8 nitrogen and oxygen atoms in total. The molecule has 1 N–H and O–H groups in total. The first-order chi connectivity index (χ1) is 28.1. The number of carbonyl (C=O) groups is 1. The molecular weight excluding hydrogens is 746 g/mol.